The molecule has 2 amide bonds. The maximum absolute atomic E-state index is 12.0. The van der Waals surface area contributed by atoms with Gasteiger partial charge in [-0.3, -0.25) is 9.59 Å². The van der Waals surface area contributed by atoms with Crippen LogP contribution in [0.15, 0.2) is 48.5 Å². The lowest BCUT2D eigenvalue weighted by Crippen LogP contribution is -2.31. The van der Waals surface area contributed by atoms with E-state index in [2.05, 4.69) is 5.32 Å². The van der Waals surface area contributed by atoms with E-state index in [9.17, 15) is 9.59 Å². The number of nitrogens with zero attached hydrogens (tertiary/aromatic N) is 1. The topological polar surface area (TPSA) is 49.4 Å². The van der Waals surface area contributed by atoms with Crippen LogP contribution in [-0.4, -0.2) is 18.4 Å². The fourth-order valence-electron chi connectivity index (χ4n) is 2.08. The van der Waals surface area contributed by atoms with Gasteiger partial charge in [-0.25, -0.2) is 0 Å². The second-order valence-electron chi connectivity index (χ2n) is 4.93. The van der Waals surface area contributed by atoms with E-state index in [0.29, 0.717) is 21.4 Å². The Morgan fingerprint density at radius 3 is 2.30 bits per heavy atom. The fraction of sp³-hybridized carbons (Fsp3) is 0.176. The van der Waals surface area contributed by atoms with Crippen molar-refractivity contribution in [2.75, 3.05) is 16.8 Å². The Morgan fingerprint density at radius 2 is 1.70 bits per heavy atom. The molecule has 0 unspecified atom stereocenters. The van der Waals surface area contributed by atoms with Gasteiger partial charge in [0.1, 0.15) is 0 Å². The third-order valence-corrected chi connectivity index (χ3v) is 3.81. The number of carbonyl (C=O) groups is 2. The van der Waals surface area contributed by atoms with Gasteiger partial charge >= 0.3 is 0 Å². The van der Waals surface area contributed by atoms with Crippen molar-refractivity contribution in [1.29, 1.82) is 0 Å². The zero-order valence-corrected chi connectivity index (χ0v) is 14.1. The molecule has 2 aromatic rings. The van der Waals surface area contributed by atoms with E-state index in [1.807, 2.05) is 0 Å². The first-order valence-electron chi connectivity index (χ1n) is 7.05. The summed E-state index contributed by atoms with van der Waals surface area (Å²) in [5.74, 6) is -0.351. The third-order valence-electron chi connectivity index (χ3n) is 3.23. The Balaban J connectivity index is 1.99. The van der Waals surface area contributed by atoms with Gasteiger partial charge < -0.3 is 10.2 Å². The smallest absolute Gasteiger partial charge is 0.226 e. The molecule has 0 aliphatic heterocycles. The lowest BCUT2D eigenvalue weighted by Gasteiger charge is -2.21. The lowest BCUT2D eigenvalue weighted by molar-refractivity contribution is -0.117. The van der Waals surface area contributed by atoms with Crippen molar-refractivity contribution in [3.8, 4) is 0 Å². The van der Waals surface area contributed by atoms with Gasteiger partial charge in [0.25, 0.3) is 0 Å². The molecular formula is C17H16Cl2N2O2. The van der Waals surface area contributed by atoms with Crippen molar-refractivity contribution < 1.29 is 9.59 Å². The number of para-hydroxylation sites is 1. The summed E-state index contributed by atoms with van der Waals surface area (Å²) in [6.45, 7) is 1.73. The molecule has 0 saturated heterocycles. The Hall–Kier alpha value is -2.04. The number of benzene rings is 2. The van der Waals surface area contributed by atoms with E-state index in [1.165, 1.54) is 11.8 Å². The SMILES string of the molecule is CC(=O)N(CCC(=O)Nc1ccccc1Cl)c1ccc(Cl)cc1. The molecule has 0 aliphatic carbocycles. The van der Waals surface area contributed by atoms with E-state index in [4.69, 9.17) is 23.2 Å². The molecule has 6 heteroatoms. The monoisotopic (exact) mass is 350 g/mol. The van der Waals surface area contributed by atoms with E-state index < -0.39 is 0 Å². The van der Waals surface area contributed by atoms with Crippen LogP contribution in [0.5, 0.6) is 0 Å². The summed E-state index contributed by atoms with van der Waals surface area (Å²) in [4.78, 5) is 25.4. The predicted octanol–water partition coefficient (Wildman–Crippen LogP) is 4.38. The number of hydrogen-bond acceptors (Lipinski definition) is 2. The van der Waals surface area contributed by atoms with Crippen LogP contribution < -0.4 is 10.2 Å². The summed E-state index contributed by atoms with van der Waals surface area (Å²) in [6, 6.07) is 13.9. The molecule has 0 bridgehead atoms. The Kier molecular flexibility index (Phi) is 6.02. The summed E-state index contributed by atoms with van der Waals surface area (Å²) < 4.78 is 0. The quantitative estimate of drug-likeness (QED) is 0.869. The lowest BCUT2D eigenvalue weighted by atomic mass is 10.2. The number of nitrogens with one attached hydrogen (secondary N) is 1. The van der Waals surface area contributed by atoms with Gasteiger partial charge in [0, 0.05) is 30.6 Å². The van der Waals surface area contributed by atoms with Crippen molar-refractivity contribution in [2.24, 2.45) is 0 Å². The zero-order chi connectivity index (χ0) is 16.8. The average molecular weight is 351 g/mol. The molecule has 2 rings (SSSR count). The molecule has 0 atom stereocenters. The van der Waals surface area contributed by atoms with Crippen LogP contribution in [0.4, 0.5) is 11.4 Å². The van der Waals surface area contributed by atoms with Crippen molar-refractivity contribution in [3.63, 3.8) is 0 Å². The van der Waals surface area contributed by atoms with Crippen LogP contribution in [0.2, 0.25) is 10.0 Å². The number of anilines is 2. The van der Waals surface area contributed by atoms with Crippen LogP contribution in [0.3, 0.4) is 0 Å². The summed E-state index contributed by atoms with van der Waals surface area (Å²) in [6.07, 6.45) is 0.160. The van der Waals surface area contributed by atoms with Gasteiger partial charge in [-0.15, -0.1) is 0 Å². The minimum absolute atomic E-state index is 0.141. The van der Waals surface area contributed by atoms with Crippen LogP contribution in [0.1, 0.15) is 13.3 Å². The van der Waals surface area contributed by atoms with Gasteiger partial charge in [0.05, 0.1) is 10.7 Å². The van der Waals surface area contributed by atoms with E-state index in [1.54, 1.807) is 48.5 Å². The maximum atomic E-state index is 12.0. The molecule has 0 saturated carbocycles. The predicted molar refractivity (Wildman–Crippen MR) is 94.2 cm³/mol. The van der Waals surface area contributed by atoms with Gasteiger partial charge in [-0.05, 0) is 36.4 Å². The van der Waals surface area contributed by atoms with Crippen molar-refractivity contribution in [1.82, 2.24) is 0 Å². The van der Waals surface area contributed by atoms with E-state index in [0.717, 1.165) is 0 Å². The first kappa shape index (κ1) is 17.3. The van der Waals surface area contributed by atoms with Crippen molar-refractivity contribution in [2.45, 2.75) is 13.3 Å². The Labute approximate surface area is 145 Å². The van der Waals surface area contributed by atoms with Crippen LogP contribution in [-0.2, 0) is 9.59 Å². The second kappa shape index (κ2) is 7.99. The highest BCUT2D eigenvalue weighted by molar-refractivity contribution is 6.33. The summed E-state index contributed by atoms with van der Waals surface area (Å²) in [7, 11) is 0. The van der Waals surface area contributed by atoms with Crippen LogP contribution in [0, 0.1) is 0 Å². The van der Waals surface area contributed by atoms with Gasteiger partial charge in [-0.1, -0.05) is 35.3 Å². The number of rotatable bonds is 5. The van der Waals surface area contributed by atoms with Gasteiger partial charge in [-0.2, -0.15) is 0 Å². The average Bonchev–Trinajstić information content (AvgIpc) is 2.51. The highest BCUT2D eigenvalue weighted by atomic mass is 35.5. The molecule has 0 fully saturated rings. The number of hydrogen-bond donors (Lipinski definition) is 1. The van der Waals surface area contributed by atoms with Crippen molar-refractivity contribution in [3.05, 3.63) is 58.6 Å². The Bertz CT molecular complexity index is 702. The molecular weight excluding hydrogens is 335 g/mol. The van der Waals surface area contributed by atoms with Crippen LogP contribution in [0.25, 0.3) is 0 Å². The maximum Gasteiger partial charge on any atom is 0.226 e. The summed E-state index contributed by atoms with van der Waals surface area (Å²) in [5.41, 5.74) is 1.26. The molecule has 0 aromatic heterocycles. The first-order valence-corrected chi connectivity index (χ1v) is 7.81. The molecule has 4 nitrogen and oxygen atoms in total. The molecule has 120 valence electrons. The highest BCUT2D eigenvalue weighted by Crippen LogP contribution is 2.21. The highest BCUT2D eigenvalue weighted by Gasteiger charge is 2.14. The minimum atomic E-state index is -0.210. The third kappa shape index (κ3) is 4.98. The van der Waals surface area contributed by atoms with Crippen molar-refractivity contribution >= 4 is 46.4 Å². The molecule has 2 aromatic carbocycles. The zero-order valence-electron chi connectivity index (χ0n) is 12.6. The first-order chi connectivity index (χ1) is 11.0. The molecule has 0 spiro atoms. The van der Waals surface area contributed by atoms with Gasteiger partial charge in [0.2, 0.25) is 11.8 Å². The minimum Gasteiger partial charge on any atom is -0.325 e. The van der Waals surface area contributed by atoms with Crippen LogP contribution >= 0.6 is 23.2 Å². The molecule has 0 aliphatic rings. The van der Waals surface area contributed by atoms with E-state index >= 15 is 0 Å². The van der Waals surface area contributed by atoms with Gasteiger partial charge in [0.15, 0.2) is 0 Å². The molecule has 23 heavy (non-hydrogen) atoms. The molecule has 0 radical (unpaired) electrons. The largest absolute Gasteiger partial charge is 0.325 e. The number of carbonyl (C=O) groups excluding carboxylic acids is 2. The number of amides is 2. The van der Waals surface area contributed by atoms with E-state index in [-0.39, 0.29) is 24.8 Å². The second-order valence-corrected chi connectivity index (χ2v) is 5.77. The normalized spacial score (nSPS) is 10.2. The molecule has 0 heterocycles. The summed E-state index contributed by atoms with van der Waals surface area (Å²) >= 11 is 11.8. The standard InChI is InChI=1S/C17H16Cl2N2O2/c1-12(22)21(14-8-6-13(18)7-9-14)11-10-17(23)20-16-5-3-2-4-15(16)19/h2-9H,10-11H2,1H3,(H,20,23). The Morgan fingerprint density at radius 1 is 1.04 bits per heavy atom. The number of halogens is 2. The fourth-order valence-corrected chi connectivity index (χ4v) is 2.39. The summed E-state index contributed by atoms with van der Waals surface area (Å²) in [5, 5.41) is 3.80. The molecule has 1 N–H and O–H groups in total.